The molecule has 1 aliphatic heterocycles. The lowest BCUT2D eigenvalue weighted by Gasteiger charge is -2.40. The van der Waals surface area contributed by atoms with Crippen LogP contribution in [0.25, 0.3) is 0 Å². The maximum absolute atomic E-state index is 12.1. The van der Waals surface area contributed by atoms with Crippen molar-refractivity contribution in [3.63, 3.8) is 0 Å². The highest BCUT2D eigenvalue weighted by atomic mass is 16.6. The molecule has 0 saturated carbocycles. The third kappa shape index (κ3) is 5.56. The van der Waals surface area contributed by atoms with Gasteiger partial charge in [-0.1, -0.05) is 0 Å². The summed E-state index contributed by atoms with van der Waals surface area (Å²) in [6.07, 6.45) is -6.63. The molecule has 0 aliphatic carbocycles. The molecule has 24 heavy (non-hydrogen) atoms. The zero-order chi connectivity index (χ0) is 18.7. The number of ether oxygens (including phenoxy) is 2. The van der Waals surface area contributed by atoms with E-state index in [4.69, 9.17) is 14.6 Å². The SMILES string of the molecule is C[C@H](NC(=O)OC(C)(C)C)C(=O)NC1C(O)[C@H](O)C(CO)O[C@H]1O. The normalized spacial score (nSPS) is 31.9. The van der Waals surface area contributed by atoms with Gasteiger partial charge < -0.3 is 40.5 Å². The molecule has 6 atom stereocenters. The van der Waals surface area contributed by atoms with Gasteiger partial charge in [0.2, 0.25) is 5.91 Å². The van der Waals surface area contributed by atoms with Crippen LogP contribution >= 0.6 is 0 Å². The van der Waals surface area contributed by atoms with Crippen molar-refractivity contribution in [3.05, 3.63) is 0 Å². The van der Waals surface area contributed by atoms with E-state index >= 15 is 0 Å². The smallest absolute Gasteiger partial charge is 0.408 e. The van der Waals surface area contributed by atoms with Gasteiger partial charge in [-0.05, 0) is 27.7 Å². The van der Waals surface area contributed by atoms with Gasteiger partial charge in [-0.3, -0.25) is 4.79 Å². The highest BCUT2D eigenvalue weighted by Crippen LogP contribution is 2.19. The number of hydrogen-bond donors (Lipinski definition) is 6. The zero-order valence-electron chi connectivity index (χ0n) is 14.1. The Labute approximate surface area is 139 Å². The lowest BCUT2D eigenvalue weighted by atomic mass is 9.97. The average molecular weight is 350 g/mol. The number of carbonyl (C=O) groups is 2. The molecule has 0 aromatic carbocycles. The monoisotopic (exact) mass is 350 g/mol. The Kier molecular flexibility index (Phi) is 6.93. The first-order valence-corrected chi connectivity index (χ1v) is 7.56. The van der Waals surface area contributed by atoms with Gasteiger partial charge in [-0.2, -0.15) is 0 Å². The third-order valence-corrected chi connectivity index (χ3v) is 3.34. The van der Waals surface area contributed by atoms with Crippen molar-refractivity contribution in [2.45, 2.75) is 70.0 Å². The molecule has 1 aliphatic rings. The van der Waals surface area contributed by atoms with Crippen LogP contribution in [0.4, 0.5) is 4.79 Å². The predicted molar refractivity (Wildman–Crippen MR) is 80.7 cm³/mol. The molecule has 0 aromatic heterocycles. The van der Waals surface area contributed by atoms with Crippen LogP contribution in [0.1, 0.15) is 27.7 Å². The first-order valence-electron chi connectivity index (χ1n) is 7.56. The molecule has 0 aromatic rings. The van der Waals surface area contributed by atoms with Gasteiger partial charge >= 0.3 is 6.09 Å². The van der Waals surface area contributed by atoms with Crippen molar-refractivity contribution in [1.29, 1.82) is 0 Å². The number of rotatable bonds is 4. The Morgan fingerprint density at radius 1 is 1.21 bits per heavy atom. The first-order chi connectivity index (χ1) is 11.0. The number of aliphatic hydroxyl groups excluding tert-OH is 4. The Morgan fingerprint density at radius 3 is 2.29 bits per heavy atom. The lowest BCUT2D eigenvalue weighted by molar-refractivity contribution is -0.253. The fraction of sp³-hybridized carbons (Fsp3) is 0.857. The minimum atomic E-state index is -1.63. The second-order valence-corrected chi connectivity index (χ2v) is 6.63. The Hall–Kier alpha value is -1.46. The molecule has 0 radical (unpaired) electrons. The van der Waals surface area contributed by atoms with Crippen LogP contribution in [-0.2, 0) is 14.3 Å². The maximum atomic E-state index is 12.1. The van der Waals surface area contributed by atoms with Crippen molar-refractivity contribution < 1.29 is 39.5 Å². The number of aliphatic hydroxyl groups is 4. The predicted octanol–water partition coefficient (Wildman–Crippen LogP) is -2.18. The van der Waals surface area contributed by atoms with Crippen molar-refractivity contribution >= 4 is 12.0 Å². The van der Waals surface area contributed by atoms with Gasteiger partial charge in [0.05, 0.1) is 6.61 Å². The minimum absolute atomic E-state index is 0.605. The van der Waals surface area contributed by atoms with E-state index in [1.807, 2.05) is 0 Å². The Balaban J connectivity index is 2.61. The second-order valence-electron chi connectivity index (χ2n) is 6.63. The van der Waals surface area contributed by atoms with Crippen LogP contribution in [-0.4, -0.2) is 81.3 Å². The summed E-state index contributed by atoms with van der Waals surface area (Å²) in [6.45, 7) is 5.79. The van der Waals surface area contributed by atoms with E-state index in [2.05, 4.69) is 10.6 Å². The van der Waals surface area contributed by atoms with Crippen molar-refractivity contribution in [3.8, 4) is 0 Å². The largest absolute Gasteiger partial charge is 0.444 e. The Bertz CT molecular complexity index is 453. The molecule has 1 heterocycles. The van der Waals surface area contributed by atoms with E-state index in [9.17, 15) is 24.9 Å². The van der Waals surface area contributed by atoms with Crippen LogP contribution in [0.2, 0.25) is 0 Å². The van der Waals surface area contributed by atoms with E-state index in [1.54, 1.807) is 20.8 Å². The standard InChI is InChI=1S/C14H26N2O8/c1-6(15-13(22)24-14(2,3)4)11(20)16-8-10(19)9(18)7(5-17)23-12(8)21/h6-10,12,17-19,21H,5H2,1-4H3,(H,15,22)(H,16,20)/t6-,7?,8?,9+,10?,12+/m0/s1. The van der Waals surface area contributed by atoms with E-state index in [0.29, 0.717) is 0 Å². The molecule has 10 nitrogen and oxygen atoms in total. The molecule has 1 saturated heterocycles. The van der Waals surface area contributed by atoms with Gasteiger partial charge in [-0.15, -0.1) is 0 Å². The van der Waals surface area contributed by atoms with Crippen LogP contribution in [0.5, 0.6) is 0 Å². The average Bonchev–Trinajstić information content (AvgIpc) is 2.44. The third-order valence-electron chi connectivity index (χ3n) is 3.34. The fourth-order valence-electron chi connectivity index (χ4n) is 2.09. The van der Waals surface area contributed by atoms with E-state index < -0.39 is 60.9 Å². The van der Waals surface area contributed by atoms with E-state index in [1.165, 1.54) is 6.92 Å². The highest BCUT2D eigenvalue weighted by molar-refractivity contribution is 5.85. The lowest BCUT2D eigenvalue weighted by Crippen LogP contribution is -2.65. The quantitative estimate of drug-likeness (QED) is 0.334. The second kappa shape index (κ2) is 8.08. The number of nitrogens with one attached hydrogen (secondary N) is 2. The maximum Gasteiger partial charge on any atom is 0.408 e. The van der Waals surface area contributed by atoms with Crippen molar-refractivity contribution in [1.82, 2.24) is 10.6 Å². The summed E-state index contributed by atoms with van der Waals surface area (Å²) in [5.41, 5.74) is -0.729. The number of hydrogen-bond acceptors (Lipinski definition) is 8. The van der Waals surface area contributed by atoms with E-state index in [0.717, 1.165) is 0 Å². The molecule has 2 amide bonds. The summed E-state index contributed by atoms with van der Waals surface area (Å²) < 4.78 is 9.94. The number of carbonyl (C=O) groups excluding carboxylic acids is 2. The van der Waals surface area contributed by atoms with Crippen LogP contribution in [0.3, 0.4) is 0 Å². The van der Waals surface area contributed by atoms with Crippen molar-refractivity contribution in [2.24, 2.45) is 0 Å². The molecule has 0 bridgehead atoms. The molecule has 10 heteroatoms. The van der Waals surface area contributed by atoms with Crippen LogP contribution < -0.4 is 10.6 Å². The van der Waals surface area contributed by atoms with Crippen molar-refractivity contribution in [2.75, 3.05) is 6.61 Å². The summed E-state index contributed by atoms with van der Waals surface area (Å²) in [5.74, 6) is -0.720. The molecule has 0 spiro atoms. The molecule has 1 rings (SSSR count). The number of amides is 2. The molecular formula is C14H26N2O8. The zero-order valence-corrected chi connectivity index (χ0v) is 14.1. The molecular weight excluding hydrogens is 324 g/mol. The van der Waals surface area contributed by atoms with Gasteiger partial charge in [0.15, 0.2) is 6.29 Å². The van der Waals surface area contributed by atoms with Gasteiger partial charge in [0, 0.05) is 0 Å². The summed E-state index contributed by atoms with van der Waals surface area (Å²) in [5, 5.41) is 43.1. The summed E-state index contributed by atoms with van der Waals surface area (Å²) in [7, 11) is 0. The first kappa shape index (κ1) is 20.6. The summed E-state index contributed by atoms with van der Waals surface area (Å²) in [4.78, 5) is 23.7. The van der Waals surface area contributed by atoms with Gasteiger partial charge in [-0.25, -0.2) is 4.79 Å². The summed E-state index contributed by atoms with van der Waals surface area (Å²) in [6, 6.07) is -2.34. The van der Waals surface area contributed by atoms with Crippen LogP contribution in [0, 0.1) is 0 Å². The molecule has 3 unspecified atom stereocenters. The highest BCUT2D eigenvalue weighted by Gasteiger charge is 2.44. The minimum Gasteiger partial charge on any atom is -0.444 e. The molecule has 1 fully saturated rings. The van der Waals surface area contributed by atoms with Gasteiger partial charge in [0.1, 0.15) is 36.0 Å². The Morgan fingerprint density at radius 2 is 1.79 bits per heavy atom. The summed E-state index contributed by atoms with van der Waals surface area (Å²) >= 11 is 0. The molecule has 140 valence electrons. The van der Waals surface area contributed by atoms with Crippen LogP contribution in [0.15, 0.2) is 0 Å². The van der Waals surface area contributed by atoms with Gasteiger partial charge in [0.25, 0.3) is 0 Å². The molecule has 6 N–H and O–H groups in total. The fourth-order valence-corrected chi connectivity index (χ4v) is 2.09. The van der Waals surface area contributed by atoms with E-state index in [-0.39, 0.29) is 0 Å². The topological polar surface area (TPSA) is 158 Å². The number of alkyl carbamates (subject to hydrolysis) is 1.